The number of carbonyl (C=O) groups is 4. The van der Waals surface area contributed by atoms with Gasteiger partial charge in [0.05, 0.1) is 0 Å². The van der Waals surface area contributed by atoms with E-state index in [2.05, 4.69) is 5.32 Å². The molecule has 2 amide bonds. The number of carboxylic acids is 1. The Morgan fingerprint density at radius 2 is 1.81 bits per heavy atom. The number of hydrogen-bond donors (Lipinski definition) is 2. The third-order valence-electron chi connectivity index (χ3n) is 6.88. The number of nitrogens with zero attached hydrogens (tertiary/aromatic N) is 1. The van der Waals surface area contributed by atoms with Gasteiger partial charge in [-0.05, 0) is 56.9 Å². The van der Waals surface area contributed by atoms with Gasteiger partial charge in [-0.15, -0.1) is 0 Å². The van der Waals surface area contributed by atoms with Crippen molar-refractivity contribution in [1.82, 2.24) is 10.2 Å². The van der Waals surface area contributed by atoms with Crippen LogP contribution in [0, 0.1) is 0 Å². The van der Waals surface area contributed by atoms with Crippen LogP contribution < -0.4 is 5.32 Å². The minimum atomic E-state index is -4.15. The van der Waals surface area contributed by atoms with E-state index >= 15 is 0 Å². The van der Waals surface area contributed by atoms with E-state index in [1.54, 1.807) is 0 Å². The number of nitrogens with one attached hydrogen (secondary N) is 1. The Hall–Kier alpha value is -2.95. The molecule has 1 fully saturated rings. The lowest BCUT2D eigenvalue weighted by molar-refractivity contribution is -0.152. The highest BCUT2D eigenvalue weighted by molar-refractivity contribution is 7.54. The quantitative estimate of drug-likeness (QED) is 0.120. The summed E-state index contributed by atoms with van der Waals surface area (Å²) in [4.78, 5) is 50.9. The van der Waals surface area contributed by atoms with Crippen LogP contribution >= 0.6 is 7.60 Å². The van der Waals surface area contributed by atoms with Gasteiger partial charge < -0.3 is 29.3 Å². The molecule has 1 saturated heterocycles. The van der Waals surface area contributed by atoms with Crippen molar-refractivity contribution in [2.45, 2.75) is 103 Å². The van der Waals surface area contributed by atoms with Crippen molar-refractivity contribution in [1.29, 1.82) is 0 Å². The Labute approximate surface area is 247 Å². The average Bonchev–Trinajstić information content (AvgIpc) is 3.48. The minimum absolute atomic E-state index is 0.0825. The molecule has 0 radical (unpaired) electrons. The van der Waals surface area contributed by atoms with Gasteiger partial charge in [0, 0.05) is 26.6 Å². The molecular weight excluding hydrogens is 567 g/mol. The number of unbranched alkanes of at least 4 members (excludes halogenated alkanes) is 2. The van der Waals surface area contributed by atoms with Crippen molar-refractivity contribution in [3.63, 3.8) is 0 Å². The highest BCUT2D eigenvalue weighted by Crippen LogP contribution is 2.56. The van der Waals surface area contributed by atoms with Gasteiger partial charge in [0.2, 0.25) is 5.85 Å². The summed E-state index contributed by atoms with van der Waals surface area (Å²) < 4.78 is 35.9. The largest absolute Gasteiger partial charge is 0.480 e. The summed E-state index contributed by atoms with van der Waals surface area (Å²) in [5.41, 5.74) is 0.855. The molecule has 0 bridgehead atoms. The molecule has 0 aromatic heterocycles. The van der Waals surface area contributed by atoms with Crippen LogP contribution in [0.5, 0.6) is 0 Å². The number of alkyl carbamates (subject to hydrolysis) is 1. The zero-order chi connectivity index (χ0) is 31.0. The molecule has 2 unspecified atom stereocenters. The Morgan fingerprint density at radius 1 is 1.07 bits per heavy atom. The first-order valence-electron chi connectivity index (χ1n) is 14.7. The molecule has 1 aromatic carbocycles. The summed E-state index contributed by atoms with van der Waals surface area (Å²) in [6, 6.07) is 8.24. The van der Waals surface area contributed by atoms with Crippen LogP contribution in [0.1, 0.15) is 83.6 Å². The van der Waals surface area contributed by atoms with Gasteiger partial charge >= 0.3 is 25.6 Å². The fourth-order valence-corrected chi connectivity index (χ4v) is 6.35. The fraction of sp³-hybridized carbons (Fsp3) is 0.655. The van der Waals surface area contributed by atoms with Crippen LogP contribution in [0.25, 0.3) is 0 Å². The summed E-state index contributed by atoms with van der Waals surface area (Å²) in [6.07, 6.45) is 2.04. The molecule has 0 aliphatic carbocycles. The third-order valence-corrected chi connectivity index (χ3v) is 9.01. The number of carbonyl (C=O) groups excluding carboxylic acids is 3. The van der Waals surface area contributed by atoms with Crippen LogP contribution in [-0.2, 0) is 44.1 Å². The zero-order valence-corrected chi connectivity index (χ0v) is 25.7. The van der Waals surface area contributed by atoms with E-state index < -0.39 is 49.5 Å². The molecule has 1 aliphatic rings. The number of amides is 2. The first kappa shape index (κ1) is 35.2. The molecule has 42 heavy (non-hydrogen) atoms. The van der Waals surface area contributed by atoms with E-state index in [-0.39, 0.29) is 39.0 Å². The zero-order valence-electron chi connectivity index (χ0n) is 24.8. The fourth-order valence-electron chi connectivity index (χ4n) is 4.59. The van der Waals surface area contributed by atoms with Crippen LogP contribution in [-0.4, -0.2) is 72.1 Å². The smallest absolute Gasteiger partial charge is 0.407 e. The van der Waals surface area contributed by atoms with Crippen molar-refractivity contribution in [3.8, 4) is 0 Å². The molecule has 0 saturated carbocycles. The number of carboxylic acid groups (broad SMARTS) is 1. The van der Waals surface area contributed by atoms with E-state index in [0.717, 1.165) is 12.0 Å². The predicted molar refractivity (Wildman–Crippen MR) is 155 cm³/mol. The Bertz CT molecular complexity index is 1050. The normalized spacial score (nSPS) is 17.6. The number of ether oxygens (including phenoxy) is 2. The maximum atomic E-state index is 14.0. The highest BCUT2D eigenvalue weighted by atomic mass is 31.2. The lowest BCUT2D eigenvalue weighted by Crippen LogP contribution is -2.46. The number of benzene rings is 1. The SMILES string of the molecule is CCCC[C@@H](OC(=O)CCC)P(=O)(OC)OC(CCCCNC(=O)OCc1ccccc1)C(=O)N1CCC[C@H]1C(=O)O. The van der Waals surface area contributed by atoms with Crippen molar-refractivity contribution < 1.29 is 47.4 Å². The summed E-state index contributed by atoms with van der Waals surface area (Å²) in [5.74, 6) is -3.48. The van der Waals surface area contributed by atoms with Gasteiger partial charge in [-0.25, -0.2) is 9.59 Å². The number of likely N-dealkylation sites (tertiary alicyclic amines) is 1. The van der Waals surface area contributed by atoms with Crippen LogP contribution in [0.15, 0.2) is 30.3 Å². The monoisotopic (exact) mass is 612 g/mol. The lowest BCUT2D eigenvalue weighted by Gasteiger charge is -2.31. The van der Waals surface area contributed by atoms with E-state index in [9.17, 15) is 28.8 Å². The Balaban J connectivity index is 2.08. The standard InChI is InChI=1S/C29H45N2O10P/c1-4-6-18-26(40-25(32)13-5-2)42(37,38-3)41-24(27(33)31-20-12-16-23(31)28(34)35)17-10-11-19-30-29(36)39-21-22-14-8-7-9-15-22/h7-9,14-15,23-24,26H,4-6,10-13,16-21H2,1-3H3,(H,30,36)(H,34,35)/t23-,24?,26-,42?/m0/s1. The molecule has 1 aromatic rings. The molecule has 1 aliphatic heterocycles. The summed E-state index contributed by atoms with van der Waals surface area (Å²) in [6.45, 7) is 4.36. The minimum Gasteiger partial charge on any atom is -0.480 e. The van der Waals surface area contributed by atoms with E-state index in [1.807, 2.05) is 44.2 Å². The molecule has 2 rings (SSSR count). The molecule has 4 atom stereocenters. The predicted octanol–water partition coefficient (Wildman–Crippen LogP) is 5.24. The van der Waals surface area contributed by atoms with Crippen LogP contribution in [0.4, 0.5) is 4.79 Å². The second-order valence-corrected chi connectivity index (χ2v) is 12.4. The number of aliphatic carboxylic acids is 1. The van der Waals surface area contributed by atoms with Gasteiger partial charge in [0.25, 0.3) is 5.91 Å². The van der Waals surface area contributed by atoms with Crippen molar-refractivity contribution in [2.75, 3.05) is 20.2 Å². The number of rotatable bonds is 19. The third kappa shape index (κ3) is 11.4. The van der Waals surface area contributed by atoms with Crippen molar-refractivity contribution in [3.05, 3.63) is 35.9 Å². The van der Waals surface area contributed by atoms with Gasteiger partial charge in [-0.3, -0.25) is 18.7 Å². The van der Waals surface area contributed by atoms with Gasteiger partial charge in [-0.2, -0.15) is 0 Å². The van der Waals surface area contributed by atoms with E-state index in [0.29, 0.717) is 38.5 Å². The van der Waals surface area contributed by atoms with Gasteiger partial charge in [-0.1, -0.05) is 50.6 Å². The maximum Gasteiger partial charge on any atom is 0.407 e. The first-order valence-corrected chi connectivity index (χ1v) is 16.3. The summed E-state index contributed by atoms with van der Waals surface area (Å²) in [7, 11) is -2.97. The summed E-state index contributed by atoms with van der Waals surface area (Å²) in [5, 5.41) is 12.3. The number of hydrogen-bond acceptors (Lipinski definition) is 9. The number of esters is 1. The van der Waals surface area contributed by atoms with Gasteiger partial charge in [0.1, 0.15) is 18.8 Å². The highest BCUT2D eigenvalue weighted by Gasteiger charge is 2.44. The van der Waals surface area contributed by atoms with Crippen molar-refractivity contribution in [2.24, 2.45) is 0 Å². The Morgan fingerprint density at radius 3 is 2.45 bits per heavy atom. The first-order chi connectivity index (χ1) is 20.1. The molecule has 13 heteroatoms. The molecule has 0 spiro atoms. The lowest BCUT2D eigenvalue weighted by atomic mass is 10.1. The average molecular weight is 613 g/mol. The molecule has 2 N–H and O–H groups in total. The van der Waals surface area contributed by atoms with Crippen molar-refractivity contribution >= 4 is 31.5 Å². The molecular formula is C29H45N2O10P. The van der Waals surface area contributed by atoms with Crippen LogP contribution in [0.2, 0.25) is 0 Å². The van der Waals surface area contributed by atoms with E-state index in [4.69, 9.17) is 18.5 Å². The second-order valence-electron chi connectivity index (χ2n) is 10.2. The van der Waals surface area contributed by atoms with E-state index in [1.165, 1.54) is 12.0 Å². The maximum absolute atomic E-state index is 14.0. The molecule has 12 nitrogen and oxygen atoms in total. The summed E-state index contributed by atoms with van der Waals surface area (Å²) >= 11 is 0. The molecule has 236 valence electrons. The van der Waals surface area contributed by atoms with Crippen LogP contribution in [0.3, 0.4) is 0 Å². The topological polar surface area (TPSA) is 158 Å². The Kier molecular flexibility index (Phi) is 15.6. The molecule has 1 heterocycles. The van der Waals surface area contributed by atoms with Gasteiger partial charge in [0.15, 0.2) is 0 Å². The second kappa shape index (κ2) is 18.6.